The summed E-state index contributed by atoms with van der Waals surface area (Å²) >= 11 is 0. The Labute approximate surface area is 118 Å². The van der Waals surface area contributed by atoms with Gasteiger partial charge >= 0.3 is 0 Å². The quantitative estimate of drug-likeness (QED) is 0.841. The van der Waals surface area contributed by atoms with E-state index in [4.69, 9.17) is 0 Å². The molecule has 1 saturated heterocycles. The van der Waals surface area contributed by atoms with E-state index in [1.807, 2.05) is 0 Å². The largest absolute Gasteiger partial charge is 0.313 e. The zero-order chi connectivity index (χ0) is 12.8. The maximum atomic E-state index is 4.03. The molecule has 2 heteroatoms. The minimum atomic E-state index is 0.889. The van der Waals surface area contributed by atoms with Gasteiger partial charge in [0.05, 0.1) is 0 Å². The molecule has 1 N–H and O–H groups in total. The molecule has 5 fully saturated rings. The van der Waals surface area contributed by atoms with Gasteiger partial charge in [-0.1, -0.05) is 0 Å². The number of rotatable bonds is 3. The summed E-state index contributed by atoms with van der Waals surface area (Å²) in [4.78, 5) is 2.52. The van der Waals surface area contributed by atoms with E-state index >= 15 is 0 Å². The molecule has 4 aliphatic carbocycles. The van der Waals surface area contributed by atoms with E-state index in [0.717, 1.165) is 35.6 Å². The molecule has 5 rings (SSSR count). The molecule has 19 heavy (non-hydrogen) atoms. The van der Waals surface area contributed by atoms with Gasteiger partial charge in [-0.15, -0.1) is 0 Å². The van der Waals surface area contributed by atoms with Gasteiger partial charge in [0.1, 0.15) is 0 Å². The van der Waals surface area contributed by atoms with Crippen LogP contribution in [0.3, 0.4) is 0 Å². The van der Waals surface area contributed by atoms with Crippen LogP contribution in [0.15, 0.2) is 0 Å². The highest BCUT2D eigenvalue weighted by Crippen LogP contribution is 2.53. The Morgan fingerprint density at radius 1 is 1.00 bits per heavy atom. The smallest absolute Gasteiger partial charge is 0.0124 e. The van der Waals surface area contributed by atoms with E-state index in [2.05, 4.69) is 17.3 Å². The number of piperidine rings is 1. The van der Waals surface area contributed by atoms with Crippen molar-refractivity contribution in [1.29, 1.82) is 0 Å². The van der Waals surface area contributed by atoms with Crippen LogP contribution in [-0.2, 0) is 0 Å². The van der Waals surface area contributed by atoms with Crippen LogP contribution in [0.1, 0.15) is 44.9 Å². The lowest BCUT2D eigenvalue weighted by molar-refractivity contribution is -0.0157. The highest BCUT2D eigenvalue weighted by molar-refractivity contribution is 5.01. The zero-order valence-corrected chi connectivity index (χ0v) is 12.5. The number of hydrogen-bond acceptors (Lipinski definition) is 2. The maximum Gasteiger partial charge on any atom is 0.0124 e. The van der Waals surface area contributed by atoms with Crippen molar-refractivity contribution >= 4 is 0 Å². The van der Waals surface area contributed by atoms with E-state index < -0.39 is 0 Å². The highest BCUT2D eigenvalue weighted by Gasteiger charge is 2.47. The Balaban J connectivity index is 1.33. The van der Waals surface area contributed by atoms with Crippen LogP contribution in [0, 0.1) is 29.6 Å². The van der Waals surface area contributed by atoms with E-state index in [9.17, 15) is 0 Å². The first kappa shape index (κ1) is 12.6. The normalized spacial score (nSPS) is 49.7. The van der Waals surface area contributed by atoms with Crippen LogP contribution in [0.4, 0.5) is 0 Å². The molecule has 5 aliphatic rings. The molecule has 1 aliphatic heterocycles. The maximum absolute atomic E-state index is 4.03. The molecule has 1 heterocycles. The second-order valence-electron chi connectivity index (χ2n) is 8.14. The molecule has 1 atom stereocenters. The van der Waals surface area contributed by atoms with Gasteiger partial charge in [-0.2, -0.15) is 0 Å². The van der Waals surface area contributed by atoms with Crippen molar-refractivity contribution in [2.45, 2.75) is 51.0 Å². The van der Waals surface area contributed by atoms with Crippen LogP contribution in [0.5, 0.6) is 0 Å². The van der Waals surface area contributed by atoms with Crippen LogP contribution in [0.25, 0.3) is 0 Å². The summed E-state index contributed by atoms with van der Waals surface area (Å²) in [5.41, 5.74) is 0. The number of nitrogens with zero attached hydrogens (tertiary/aromatic N) is 1. The first-order valence-corrected chi connectivity index (χ1v) is 8.70. The SMILES string of the molecule is CN1CCCC(CNC2C3CC4CC(C3)CC2C4)C1. The molecule has 4 bridgehead atoms. The van der Waals surface area contributed by atoms with Gasteiger partial charge < -0.3 is 10.2 Å². The molecule has 0 spiro atoms. The lowest BCUT2D eigenvalue weighted by Crippen LogP contribution is -2.55. The second kappa shape index (κ2) is 5.04. The fourth-order valence-electron chi connectivity index (χ4n) is 6.00. The summed E-state index contributed by atoms with van der Waals surface area (Å²) in [7, 11) is 2.29. The predicted molar refractivity (Wildman–Crippen MR) is 79.1 cm³/mol. The van der Waals surface area contributed by atoms with Crippen molar-refractivity contribution in [2.75, 3.05) is 26.7 Å². The topological polar surface area (TPSA) is 15.3 Å². The van der Waals surface area contributed by atoms with Crippen LogP contribution in [0.2, 0.25) is 0 Å². The Kier molecular flexibility index (Phi) is 3.35. The molecule has 0 aromatic rings. The summed E-state index contributed by atoms with van der Waals surface area (Å²) in [5.74, 6) is 5.22. The molecular weight excluding hydrogens is 232 g/mol. The van der Waals surface area contributed by atoms with Crippen LogP contribution < -0.4 is 5.32 Å². The molecule has 0 aromatic heterocycles. The summed E-state index contributed by atoms with van der Waals surface area (Å²) in [6.07, 6.45) is 10.6. The van der Waals surface area contributed by atoms with Crippen molar-refractivity contribution in [3.05, 3.63) is 0 Å². The van der Waals surface area contributed by atoms with E-state index in [-0.39, 0.29) is 0 Å². The Morgan fingerprint density at radius 3 is 2.32 bits per heavy atom. The predicted octanol–water partition coefficient (Wildman–Crippen LogP) is 2.74. The van der Waals surface area contributed by atoms with Gasteiger partial charge in [0.15, 0.2) is 0 Å². The Bertz CT molecular complexity index is 299. The zero-order valence-electron chi connectivity index (χ0n) is 12.5. The van der Waals surface area contributed by atoms with Crippen molar-refractivity contribution < 1.29 is 0 Å². The molecule has 0 amide bonds. The van der Waals surface area contributed by atoms with Crippen LogP contribution in [-0.4, -0.2) is 37.6 Å². The summed E-state index contributed by atoms with van der Waals surface area (Å²) in [6, 6.07) is 0.889. The molecule has 1 unspecified atom stereocenters. The lowest BCUT2D eigenvalue weighted by atomic mass is 9.54. The van der Waals surface area contributed by atoms with Crippen LogP contribution >= 0.6 is 0 Å². The van der Waals surface area contributed by atoms with Crippen molar-refractivity contribution in [3.8, 4) is 0 Å². The first-order valence-electron chi connectivity index (χ1n) is 8.70. The molecule has 0 radical (unpaired) electrons. The van der Waals surface area contributed by atoms with Gasteiger partial charge in [-0.3, -0.25) is 0 Å². The van der Waals surface area contributed by atoms with Gasteiger partial charge in [-0.05, 0) is 94.7 Å². The number of hydrogen-bond donors (Lipinski definition) is 1. The monoisotopic (exact) mass is 262 g/mol. The first-order chi connectivity index (χ1) is 9.28. The minimum absolute atomic E-state index is 0.889. The Morgan fingerprint density at radius 2 is 1.68 bits per heavy atom. The van der Waals surface area contributed by atoms with Crippen molar-refractivity contribution in [2.24, 2.45) is 29.6 Å². The van der Waals surface area contributed by atoms with E-state index in [1.165, 1.54) is 32.5 Å². The van der Waals surface area contributed by atoms with Crippen molar-refractivity contribution in [3.63, 3.8) is 0 Å². The number of likely N-dealkylation sites (tertiary alicyclic amines) is 1. The van der Waals surface area contributed by atoms with E-state index in [0.29, 0.717) is 0 Å². The van der Waals surface area contributed by atoms with Gasteiger partial charge in [-0.25, -0.2) is 0 Å². The summed E-state index contributed by atoms with van der Waals surface area (Å²) < 4.78 is 0. The summed E-state index contributed by atoms with van der Waals surface area (Å²) in [6.45, 7) is 3.92. The van der Waals surface area contributed by atoms with Gasteiger partial charge in [0, 0.05) is 12.6 Å². The third kappa shape index (κ3) is 2.47. The fourth-order valence-corrected chi connectivity index (χ4v) is 6.00. The molecule has 2 nitrogen and oxygen atoms in total. The molecule has 108 valence electrons. The standard InChI is InChI=1S/C17H30N2/c1-19-4-2-3-12(11-19)10-18-17-15-6-13-5-14(8-15)9-16(17)7-13/h12-18H,2-11H2,1H3. The van der Waals surface area contributed by atoms with Crippen molar-refractivity contribution in [1.82, 2.24) is 10.2 Å². The molecule has 0 aromatic carbocycles. The summed E-state index contributed by atoms with van der Waals surface area (Å²) in [5, 5.41) is 4.03. The van der Waals surface area contributed by atoms with Gasteiger partial charge in [0.2, 0.25) is 0 Å². The third-order valence-electron chi connectivity index (χ3n) is 6.59. The Hall–Kier alpha value is -0.0800. The molecular formula is C17H30N2. The second-order valence-corrected chi connectivity index (χ2v) is 8.14. The third-order valence-corrected chi connectivity index (χ3v) is 6.59. The van der Waals surface area contributed by atoms with Gasteiger partial charge in [0.25, 0.3) is 0 Å². The minimum Gasteiger partial charge on any atom is -0.313 e. The van der Waals surface area contributed by atoms with E-state index in [1.54, 1.807) is 32.1 Å². The average Bonchev–Trinajstić information content (AvgIpc) is 2.37. The molecule has 4 saturated carbocycles. The average molecular weight is 262 g/mol. The number of nitrogens with one attached hydrogen (secondary N) is 1. The highest BCUT2D eigenvalue weighted by atomic mass is 15.1. The fraction of sp³-hybridized carbons (Fsp3) is 1.00. The lowest BCUT2D eigenvalue weighted by Gasteiger charge is -2.55.